The van der Waals surface area contributed by atoms with E-state index in [9.17, 15) is 17.6 Å². The summed E-state index contributed by atoms with van der Waals surface area (Å²) in [6.45, 7) is 7.90. The molecule has 0 spiro atoms. The Labute approximate surface area is 170 Å². The lowest BCUT2D eigenvalue weighted by atomic mass is 9.93. The number of anilines is 2. The molecule has 0 radical (unpaired) electrons. The van der Waals surface area contributed by atoms with Crippen molar-refractivity contribution in [3.63, 3.8) is 0 Å². The maximum atomic E-state index is 13.3. The van der Waals surface area contributed by atoms with E-state index in [0.29, 0.717) is 29.2 Å². The Morgan fingerprint density at radius 1 is 1.21 bits per heavy atom. The van der Waals surface area contributed by atoms with E-state index in [-0.39, 0.29) is 17.4 Å². The Hall–Kier alpha value is -2.61. The van der Waals surface area contributed by atoms with Gasteiger partial charge in [0.15, 0.2) is 0 Å². The van der Waals surface area contributed by atoms with Crippen LogP contribution in [0.1, 0.15) is 32.8 Å². The quantitative estimate of drug-likeness (QED) is 0.790. The molecule has 1 heterocycles. The Bertz CT molecular complexity index is 1050. The number of ether oxygens (including phenoxy) is 1. The number of halogens is 1. The summed E-state index contributed by atoms with van der Waals surface area (Å²) in [7, 11) is -3.91. The first-order chi connectivity index (χ1) is 13.5. The number of nitrogens with one attached hydrogen (secondary N) is 1. The summed E-state index contributed by atoms with van der Waals surface area (Å²) in [5.74, 6) is -0.0926. The van der Waals surface area contributed by atoms with Crippen molar-refractivity contribution in [3.05, 3.63) is 47.8 Å². The van der Waals surface area contributed by atoms with E-state index in [4.69, 9.17) is 4.74 Å². The van der Waals surface area contributed by atoms with Crippen molar-refractivity contribution in [2.75, 3.05) is 22.8 Å². The number of nitrogens with zero attached hydrogens (tertiary/aromatic N) is 1. The van der Waals surface area contributed by atoms with Gasteiger partial charge < -0.3 is 9.64 Å². The largest absolute Gasteiger partial charge is 0.490 e. The molecule has 0 bridgehead atoms. The number of hydrogen-bond donors (Lipinski definition) is 1. The first-order valence-electron chi connectivity index (χ1n) is 9.43. The number of carbonyl (C=O) groups is 1. The maximum Gasteiger partial charge on any atom is 0.262 e. The van der Waals surface area contributed by atoms with E-state index in [1.165, 1.54) is 19.1 Å². The van der Waals surface area contributed by atoms with E-state index in [2.05, 4.69) is 4.72 Å². The van der Waals surface area contributed by atoms with Crippen LogP contribution >= 0.6 is 0 Å². The summed E-state index contributed by atoms with van der Waals surface area (Å²) in [6, 6.07) is 8.36. The lowest BCUT2D eigenvalue weighted by molar-refractivity contribution is -0.127. The zero-order valence-electron chi connectivity index (χ0n) is 17.0. The minimum absolute atomic E-state index is 0.00122. The highest BCUT2D eigenvalue weighted by molar-refractivity contribution is 7.92. The molecule has 29 heavy (non-hydrogen) atoms. The van der Waals surface area contributed by atoms with Crippen LogP contribution in [0.2, 0.25) is 0 Å². The molecule has 2 aromatic carbocycles. The molecule has 0 atom stereocenters. The van der Waals surface area contributed by atoms with Gasteiger partial charge >= 0.3 is 0 Å². The van der Waals surface area contributed by atoms with E-state index < -0.39 is 21.3 Å². The number of fused-ring (bicyclic) bond motifs is 1. The van der Waals surface area contributed by atoms with Crippen molar-refractivity contribution in [1.82, 2.24) is 0 Å². The lowest BCUT2D eigenvalue weighted by Crippen LogP contribution is -2.42. The summed E-state index contributed by atoms with van der Waals surface area (Å²) in [6.07, 6.45) is 0.777. The summed E-state index contributed by atoms with van der Waals surface area (Å²) in [5, 5.41) is 0. The summed E-state index contributed by atoms with van der Waals surface area (Å²) in [4.78, 5) is 14.6. The molecule has 0 saturated heterocycles. The van der Waals surface area contributed by atoms with Gasteiger partial charge in [-0.2, -0.15) is 0 Å². The van der Waals surface area contributed by atoms with Gasteiger partial charge in [-0.25, -0.2) is 12.8 Å². The fourth-order valence-electron chi connectivity index (χ4n) is 3.28. The van der Waals surface area contributed by atoms with Gasteiger partial charge in [0.05, 0.1) is 21.7 Å². The van der Waals surface area contributed by atoms with Crippen LogP contribution in [0.15, 0.2) is 41.3 Å². The van der Waals surface area contributed by atoms with Crippen LogP contribution in [0, 0.1) is 18.2 Å². The summed E-state index contributed by atoms with van der Waals surface area (Å²) < 4.78 is 47.2. The van der Waals surface area contributed by atoms with E-state index >= 15 is 0 Å². The van der Waals surface area contributed by atoms with Crippen LogP contribution in [0.3, 0.4) is 0 Å². The molecule has 1 aliphatic rings. The second-order valence-corrected chi connectivity index (χ2v) is 9.48. The van der Waals surface area contributed by atoms with Gasteiger partial charge in [0.25, 0.3) is 10.0 Å². The zero-order chi connectivity index (χ0) is 21.4. The van der Waals surface area contributed by atoms with Crippen LogP contribution in [0.5, 0.6) is 5.75 Å². The molecular weight excluding hydrogens is 395 g/mol. The van der Waals surface area contributed by atoms with Crippen molar-refractivity contribution in [1.29, 1.82) is 0 Å². The molecule has 0 fully saturated rings. The minimum atomic E-state index is -3.91. The van der Waals surface area contributed by atoms with E-state index in [1.807, 2.05) is 20.8 Å². The number of aryl methyl sites for hydroxylation is 1. The van der Waals surface area contributed by atoms with Gasteiger partial charge in [0.1, 0.15) is 18.2 Å². The van der Waals surface area contributed by atoms with Gasteiger partial charge in [0, 0.05) is 12.6 Å². The smallest absolute Gasteiger partial charge is 0.262 e. The molecule has 0 aliphatic carbocycles. The average molecular weight is 421 g/mol. The summed E-state index contributed by atoms with van der Waals surface area (Å²) in [5.41, 5.74) is 0.531. The number of rotatable bonds is 5. The number of amides is 1. The van der Waals surface area contributed by atoms with Crippen LogP contribution in [-0.2, 0) is 14.8 Å². The average Bonchev–Trinajstić information content (AvgIpc) is 2.71. The second-order valence-electron chi connectivity index (χ2n) is 7.83. The Morgan fingerprint density at radius 3 is 2.59 bits per heavy atom. The first-order valence-corrected chi connectivity index (χ1v) is 10.9. The Morgan fingerprint density at radius 2 is 1.93 bits per heavy atom. The maximum absolute atomic E-state index is 13.3. The number of hydrogen-bond acceptors (Lipinski definition) is 4. The van der Waals surface area contributed by atoms with Crippen LogP contribution in [0.25, 0.3) is 0 Å². The molecule has 8 heteroatoms. The summed E-state index contributed by atoms with van der Waals surface area (Å²) >= 11 is 0. The standard InChI is InChI=1S/C21H25FN2O4S/c1-5-10-24-17-8-7-16(12-18(17)28-13-21(3,4)20(24)25)23-29(26,27)19-9-6-15(22)11-14(19)2/h6-9,11-12,23H,5,10,13H2,1-4H3. The Balaban J connectivity index is 1.96. The molecule has 156 valence electrons. The van der Waals surface area contributed by atoms with Crippen molar-refractivity contribution >= 4 is 27.3 Å². The molecule has 6 nitrogen and oxygen atoms in total. The van der Waals surface area contributed by atoms with Crippen molar-refractivity contribution in [3.8, 4) is 5.75 Å². The van der Waals surface area contributed by atoms with Gasteiger partial charge in [-0.15, -0.1) is 0 Å². The molecule has 1 aliphatic heterocycles. The van der Waals surface area contributed by atoms with Crippen molar-refractivity contribution in [2.24, 2.45) is 5.41 Å². The minimum Gasteiger partial charge on any atom is -0.490 e. The molecular formula is C21H25FN2O4S. The normalized spacial score (nSPS) is 16.0. The molecule has 0 unspecified atom stereocenters. The van der Waals surface area contributed by atoms with Crippen LogP contribution in [0.4, 0.5) is 15.8 Å². The van der Waals surface area contributed by atoms with Gasteiger partial charge in [-0.05, 0) is 63.1 Å². The molecule has 3 rings (SSSR count). The van der Waals surface area contributed by atoms with Crippen molar-refractivity contribution in [2.45, 2.75) is 39.0 Å². The van der Waals surface area contributed by atoms with Gasteiger partial charge in [0.2, 0.25) is 5.91 Å². The predicted octanol–water partition coefficient (Wildman–Crippen LogP) is 4.10. The highest BCUT2D eigenvalue weighted by Crippen LogP contribution is 2.38. The molecule has 0 aromatic heterocycles. The zero-order valence-corrected chi connectivity index (χ0v) is 17.8. The monoisotopic (exact) mass is 420 g/mol. The number of carbonyl (C=O) groups excluding carboxylic acids is 1. The molecule has 2 aromatic rings. The fourth-order valence-corrected chi connectivity index (χ4v) is 4.56. The molecule has 0 saturated carbocycles. The fraction of sp³-hybridized carbons (Fsp3) is 0.381. The second kappa shape index (κ2) is 7.67. The van der Waals surface area contributed by atoms with Crippen LogP contribution < -0.4 is 14.4 Å². The van der Waals surface area contributed by atoms with E-state index in [1.54, 1.807) is 23.1 Å². The van der Waals surface area contributed by atoms with E-state index in [0.717, 1.165) is 12.5 Å². The van der Waals surface area contributed by atoms with Crippen LogP contribution in [-0.4, -0.2) is 27.5 Å². The number of benzene rings is 2. The van der Waals surface area contributed by atoms with Crippen molar-refractivity contribution < 1.29 is 22.3 Å². The molecule has 1 amide bonds. The SMILES string of the molecule is CCCN1C(=O)C(C)(C)COc2cc(NS(=O)(=O)c3ccc(F)cc3C)ccc21. The van der Waals surface area contributed by atoms with Gasteiger partial charge in [-0.3, -0.25) is 9.52 Å². The highest BCUT2D eigenvalue weighted by Gasteiger charge is 2.37. The first kappa shape index (κ1) is 21.1. The third-order valence-corrected chi connectivity index (χ3v) is 6.33. The lowest BCUT2D eigenvalue weighted by Gasteiger charge is -2.27. The third kappa shape index (κ3) is 4.22. The predicted molar refractivity (Wildman–Crippen MR) is 110 cm³/mol. The third-order valence-electron chi connectivity index (χ3n) is 4.79. The van der Waals surface area contributed by atoms with Gasteiger partial charge in [-0.1, -0.05) is 6.92 Å². The highest BCUT2D eigenvalue weighted by atomic mass is 32.2. The molecule has 1 N–H and O–H groups in total. The Kier molecular flexibility index (Phi) is 5.58. The number of sulfonamides is 1. The topological polar surface area (TPSA) is 75.7 Å².